The van der Waals surface area contributed by atoms with E-state index in [4.69, 9.17) is 0 Å². The van der Waals surface area contributed by atoms with Crippen molar-refractivity contribution in [3.05, 3.63) is 48.6 Å². The Bertz CT molecular complexity index is 361. The highest BCUT2D eigenvalue weighted by molar-refractivity contribution is 5.21. The van der Waals surface area contributed by atoms with Crippen molar-refractivity contribution in [2.75, 3.05) is 26.2 Å². The summed E-state index contributed by atoms with van der Waals surface area (Å²) in [7, 11) is 0. The number of hydrogen-bond acceptors (Lipinski definition) is 2. The molecule has 0 aliphatic carbocycles. The predicted molar refractivity (Wildman–Crippen MR) is 77.9 cm³/mol. The summed E-state index contributed by atoms with van der Waals surface area (Å²) in [4.78, 5) is 2.59. The van der Waals surface area contributed by atoms with Gasteiger partial charge in [-0.2, -0.15) is 0 Å². The van der Waals surface area contributed by atoms with Gasteiger partial charge >= 0.3 is 0 Å². The van der Waals surface area contributed by atoms with Gasteiger partial charge in [0.2, 0.25) is 0 Å². The van der Waals surface area contributed by atoms with Gasteiger partial charge in [0, 0.05) is 25.7 Å². The molecular weight excluding hydrogens is 220 g/mol. The Morgan fingerprint density at radius 3 is 2.94 bits per heavy atom. The Hall–Kier alpha value is -1.12. The van der Waals surface area contributed by atoms with Gasteiger partial charge < -0.3 is 5.32 Å². The molecule has 1 fully saturated rings. The third kappa shape index (κ3) is 3.44. The largest absolute Gasteiger partial charge is 0.312 e. The van der Waals surface area contributed by atoms with Crippen LogP contribution >= 0.6 is 0 Å². The molecule has 1 aliphatic rings. The van der Waals surface area contributed by atoms with Crippen LogP contribution in [-0.4, -0.2) is 37.1 Å². The minimum absolute atomic E-state index is 0.610. The van der Waals surface area contributed by atoms with E-state index in [1.807, 2.05) is 6.08 Å². The summed E-state index contributed by atoms with van der Waals surface area (Å²) < 4.78 is 0. The molecule has 0 radical (unpaired) electrons. The zero-order valence-electron chi connectivity index (χ0n) is 11.3. The third-order valence-corrected chi connectivity index (χ3v) is 3.84. The average molecular weight is 244 g/mol. The van der Waals surface area contributed by atoms with Crippen LogP contribution in [-0.2, 0) is 0 Å². The molecule has 1 aromatic carbocycles. The van der Waals surface area contributed by atoms with Gasteiger partial charge in [-0.15, -0.1) is 6.58 Å². The Morgan fingerprint density at radius 1 is 1.44 bits per heavy atom. The van der Waals surface area contributed by atoms with E-state index in [2.05, 4.69) is 54.1 Å². The second-order valence-electron chi connectivity index (χ2n) is 5.19. The van der Waals surface area contributed by atoms with Crippen molar-refractivity contribution in [2.24, 2.45) is 0 Å². The van der Waals surface area contributed by atoms with Crippen LogP contribution in [0.3, 0.4) is 0 Å². The van der Waals surface area contributed by atoms with Crippen molar-refractivity contribution in [3.63, 3.8) is 0 Å². The van der Waals surface area contributed by atoms with Gasteiger partial charge in [-0.3, -0.25) is 4.90 Å². The lowest BCUT2D eigenvalue weighted by Crippen LogP contribution is -2.38. The number of likely N-dealkylation sites (tertiary alicyclic amines) is 1. The summed E-state index contributed by atoms with van der Waals surface area (Å²) in [5.41, 5.74) is 1.49. The zero-order chi connectivity index (χ0) is 12.8. The van der Waals surface area contributed by atoms with Gasteiger partial charge in [0.05, 0.1) is 0 Å². The second kappa shape index (κ2) is 6.72. The molecule has 0 aromatic heterocycles. The predicted octanol–water partition coefficient (Wildman–Crippen LogP) is 2.64. The molecule has 98 valence electrons. The third-order valence-electron chi connectivity index (χ3n) is 3.84. The fraction of sp³-hybridized carbons (Fsp3) is 0.500. The van der Waals surface area contributed by atoms with E-state index in [0.717, 1.165) is 13.1 Å². The first-order chi connectivity index (χ1) is 8.81. The monoisotopic (exact) mass is 244 g/mol. The number of rotatable bonds is 6. The molecule has 2 atom stereocenters. The fourth-order valence-electron chi connectivity index (χ4n) is 2.71. The van der Waals surface area contributed by atoms with E-state index in [9.17, 15) is 0 Å². The van der Waals surface area contributed by atoms with Crippen LogP contribution in [0.25, 0.3) is 0 Å². The molecule has 2 rings (SSSR count). The van der Waals surface area contributed by atoms with Crippen LogP contribution in [0.5, 0.6) is 0 Å². The molecule has 1 aromatic rings. The van der Waals surface area contributed by atoms with Crippen LogP contribution in [0.1, 0.15) is 24.8 Å². The maximum absolute atomic E-state index is 3.73. The first-order valence-electron chi connectivity index (χ1n) is 6.92. The van der Waals surface area contributed by atoms with Crippen molar-refractivity contribution < 1.29 is 0 Å². The van der Waals surface area contributed by atoms with Crippen molar-refractivity contribution in [2.45, 2.75) is 25.3 Å². The molecule has 0 amide bonds. The fourth-order valence-corrected chi connectivity index (χ4v) is 2.71. The summed E-state index contributed by atoms with van der Waals surface area (Å²) >= 11 is 0. The van der Waals surface area contributed by atoms with Gasteiger partial charge in [-0.1, -0.05) is 36.4 Å². The Balaban J connectivity index is 1.82. The highest BCUT2D eigenvalue weighted by atomic mass is 15.2. The number of benzene rings is 1. The van der Waals surface area contributed by atoms with Gasteiger partial charge in [0.1, 0.15) is 0 Å². The molecule has 2 heteroatoms. The summed E-state index contributed by atoms with van der Waals surface area (Å²) in [6.07, 6.45) is 3.21. The minimum atomic E-state index is 0.610. The SMILES string of the molecule is C=CCNCC(C)N1CCC(c2ccccc2)C1. The minimum Gasteiger partial charge on any atom is -0.312 e. The molecule has 1 aliphatic heterocycles. The van der Waals surface area contributed by atoms with Gasteiger partial charge in [0.25, 0.3) is 0 Å². The van der Waals surface area contributed by atoms with E-state index in [-0.39, 0.29) is 0 Å². The Labute approximate surface area is 111 Å². The first-order valence-corrected chi connectivity index (χ1v) is 6.92. The summed E-state index contributed by atoms with van der Waals surface area (Å²) in [6, 6.07) is 11.5. The van der Waals surface area contributed by atoms with E-state index < -0.39 is 0 Å². The first kappa shape index (κ1) is 13.3. The molecule has 18 heavy (non-hydrogen) atoms. The van der Waals surface area contributed by atoms with Crippen molar-refractivity contribution in [1.82, 2.24) is 10.2 Å². The van der Waals surface area contributed by atoms with E-state index in [0.29, 0.717) is 12.0 Å². The van der Waals surface area contributed by atoms with E-state index in [1.54, 1.807) is 0 Å². The molecular formula is C16H24N2. The van der Waals surface area contributed by atoms with Gasteiger partial charge in [-0.25, -0.2) is 0 Å². The lowest BCUT2D eigenvalue weighted by molar-refractivity contribution is 0.251. The molecule has 1 saturated heterocycles. The molecule has 0 spiro atoms. The quantitative estimate of drug-likeness (QED) is 0.611. The van der Waals surface area contributed by atoms with E-state index >= 15 is 0 Å². The van der Waals surface area contributed by atoms with Crippen LogP contribution in [0, 0.1) is 0 Å². The van der Waals surface area contributed by atoms with Crippen LogP contribution in [0.15, 0.2) is 43.0 Å². The van der Waals surface area contributed by atoms with Gasteiger partial charge in [0.15, 0.2) is 0 Å². The highest BCUT2D eigenvalue weighted by Crippen LogP contribution is 2.27. The standard InChI is InChI=1S/C16H24N2/c1-3-10-17-12-14(2)18-11-9-16(13-18)15-7-5-4-6-8-15/h3-8,14,16-17H,1,9-13H2,2H3. The van der Waals surface area contributed by atoms with Crippen LogP contribution in [0.2, 0.25) is 0 Å². The number of nitrogens with one attached hydrogen (secondary N) is 1. The van der Waals surface area contributed by atoms with E-state index in [1.165, 1.54) is 25.1 Å². The Kier molecular flexibility index (Phi) is 4.97. The van der Waals surface area contributed by atoms with Crippen molar-refractivity contribution >= 4 is 0 Å². The normalized spacial score (nSPS) is 21.9. The van der Waals surface area contributed by atoms with Crippen LogP contribution in [0.4, 0.5) is 0 Å². The molecule has 2 unspecified atom stereocenters. The molecule has 0 bridgehead atoms. The molecule has 1 heterocycles. The summed E-state index contributed by atoms with van der Waals surface area (Å²) in [5, 5.41) is 3.41. The second-order valence-corrected chi connectivity index (χ2v) is 5.19. The zero-order valence-corrected chi connectivity index (χ0v) is 11.3. The summed E-state index contributed by atoms with van der Waals surface area (Å²) in [6.45, 7) is 10.4. The Morgan fingerprint density at radius 2 is 2.22 bits per heavy atom. The lowest BCUT2D eigenvalue weighted by atomic mass is 9.99. The number of nitrogens with zero attached hydrogens (tertiary/aromatic N) is 1. The maximum atomic E-state index is 3.73. The average Bonchev–Trinajstić information content (AvgIpc) is 2.89. The molecule has 2 nitrogen and oxygen atoms in total. The molecule has 1 N–H and O–H groups in total. The molecule has 0 saturated carbocycles. The number of hydrogen-bond donors (Lipinski definition) is 1. The van der Waals surface area contributed by atoms with Crippen LogP contribution < -0.4 is 5.32 Å². The van der Waals surface area contributed by atoms with Crippen molar-refractivity contribution in [1.29, 1.82) is 0 Å². The topological polar surface area (TPSA) is 15.3 Å². The smallest absolute Gasteiger partial charge is 0.0192 e. The highest BCUT2D eigenvalue weighted by Gasteiger charge is 2.26. The van der Waals surface area contributed by atoms with Gasteiger partial charge in [-0.05, 0) is 31.4 Å². The van der Waals surface area contributed by atoms with Crippen molar-refractivity contribution in [3.8, 4) is 0 Å². The lowest BCUT2D eigenvalue weighted by Gasteiger charge is -2.24. The summed E-state index contributed by atoms with van der Waals surface area (Å²) in [5.74, 6) is 0.716. The maximum Gasteiger partial charge on any atom is 0.0192 e.